The Morgan fingerprint density at radius 1 is 1.00 bits per heavy atom. The van der Waals surface area contributed by atoms with E-state index in [-0.39, 0.29) is 12.0 Å². The Morgan fingerprint density at radius 3 is 2.56 bits per heavy atom. The maximum absolute atomic E-state index is 9.97. The van der Waals surface area contributed by atoms with E-state index in [1.165, 1.54) is 11.1 Å². The van der Waals surface area contributed by atoms with Crippen molar-refractivity contribution in [2.24, 2.45) is 5.73 Å². The van der Waals surface area contributed by atoms with Gasteiger partial charge < -0.3 is 10.8 Å². The molecule has 2 heteroatoms. The summed E-state index contributed by atoms with van der Waals surface area (Å²) < 4.78 is 0. The third-order valence-electron chi connectivity index (χ3n) is 3.84. The molecule has 0 fully saturated rings. The molecule has 3 N–H and O–H groups in total. The number of hydrogen-bond donors (Lipinski definition) is 2. The van der Waals surface area contributed by atoms with E-state index < -0.39 is 0 Å². The Balaban J connectivity index is 2.13. The smallest absolute Gasteiger partial charge is 0.119 e. The molecule has 0 aromatic heterocycles. The number of benzene rings is 2. The van der Waals surface area contributed by atoms with Crippen molar-refractivity contribution in [3.63, 3.8) is 0 Å². The number of rotatable bonds is 1. The fourth-order valence-corrected chi connectivity index (χ4v) is 2.95. The fourth-order valence-electron chi connectivity index (χ4n) is 2.95. The molecule has 0 heterocycles. The molecule has 0 spiro atoms. The van der Waals surface area contributed by atoms with Crippen LogP contribution in [0.15, 0.2) is 48.5 Å². The van der Waals surface area contributed by atoms with Gasteiger partial charge in [0.05, 0.1) is 0 Å². The minimum Gasteiger partial charge on any atom is -0.508 e. The largest absolute Gasteiger partial charge is 0.508 e. The van der Waals surface area contributed by atoms with Crippen LogP contribution in [0.4, 0.5) is 0 Å². The van der Waals surface area contributed by atoms with Crippen molar-refractivity contribution in [2.45, 2.75) is 24.8 Å². The quantitative estimate of drug-likeness (QED) is 0.803. The number of nitrogens with two attached hydrogens (primary N) is 1. The number of phenols is 1. The predicted octanol–water partition coefficient (Wildman–Crippen LogP) is 2.80. The van der Waals surface area contributed by atoms with Crippen LogP contribution in [0, 0.1) is 0 Å². The lowest BCUT2D eigenvalue weighted by Crippen LogP contribution is -2.33. The van der Waals surface area contributed by atoms with Crippen molar-refractivity contribution in [3.8, 4) is 5.75 Å². The third-order valence-corrected chi connectivity index (χ3v) is 3.84. The van der Waals surface area contributed by atoms with Crippen LogP contribution in [-0.2, 0) is 6.42 Å². The summed E-state index contributed by atoms with van der Waals surface area (Å²) in [6.45, 7) is 0. The number of phenolic OH excluding ortho intramolecular Hbond substituents is 1. The van der Waals surface area contributed by atoms with Gasteiger partial charge in [-0.2, -0.15) is 0 Å². The Morgan fingerprint density at radius 2 is 1.78 bits per heavy atom. The van der Waals surface area contributed by atoms with Gasteiger partial charge in [0.25, 0.3) is 0 Å². The van der Waals surface area contributed by atoms with Gasteiger partial charge in [-0.25, -0.2) is 0 Å². The second-order valence-corrected chi connectivity index (χ2v) is 4.94. The summed E-state index contributed by atoms with van der Waals surface area (Å²) in [7, 11) is 0. The third kappa shape index (κ3) is 1.79. The molecular formula is C16H17NO. The second-order valence-electron chi connectivity index (χ2n) is 4.94. The zero-order valence-corrected chi connectivity index (χ0v) is 10.2. The minimum absolute atomic E-state index is 0.127. The molecule has 3 rings (SSSR count). The molecule has 1 aliphatic carbocycles. The van der Waals surface area contributed by atoms with Gasteiger partial charge in [-0.1, -0.05) is 42.5 Å². The molecule has 92 valence electrons. The van der Waals surface area contributed by atoms with E-state index in [2.05, 4.69) is 18.2 Å². The maximum Gasteiger partial charge on any atom is 0.119 e. The van der Waals surface area contributed by atoms with E-state index in [1.807, 2.05) is 24.3 Å². The van der Waals surface area contributed by atoms with E-state index in [0.29, 0.717) is 5.75 Å². The van der Waals surface area contributed by atoms with Crippen molar-refractivity contribution in [2.75, 3.05) is 0 Å². The van der Waals surface area contributed by atoms with Crippen LogP contribution < -0.4 is 5.73 Å². The molecule has 0 radical (unpaired) electrons. The van der Waals surface area contributed by atoms with Crippen LogP contribution in [-0.4, -0.2) is 11.1 Å². The summed E-state index contributed by atoms with van der Waals surface area (Å²) >= 11 is 0. The van der Waals surface area contributed by atoms with Crippen LogP contribution >= 0.6 is 0 Å². The zero-order valence-electron chi connectivity index (χ0n) is 10.2. The van der Waals surface area contributed by atoms with Gasteiger partial charge in [0, 0.05) is 12.0 Å². The van der Waals surface area contributed by atoms with Crippen molar-refractivity contribution >= 4 is 0 Å². The maximum atomic E-state index is 9.97. The van der Waals surface area contributed by atoms with Gasteiger partial charge in [0.2, 0.25) is 0 Å². The number of hydrogen-bond acceptors (Lipinski definition) is 2. The number of aromatic hydroxyl groups is 1. The Bertz CT molecular complexity index is 550. The molecule has 0 amide bonds. The topological polar surface area (TPSA) is 46.2 Å². The molecule has 2 aromatic rings. The van der Waals surface area contributed by atoms with Gasteiger partial charge in [-0.3, -0.25) is 0 Å². The Kier molecular flexibility index (Phi) is 2.80. The molecule has 1 aliphatic rings. The van der Waals surface area contributed by atoms with E-state index >= 15 is 0 Å². The number of fused-ring (bicyclic) bond motifs is 1. The van der Waals surface area contributed by atoms with Gasteiger partial charge in [-0.05, 0) is 35.6 Å². The van der Waals surface area contributed by atoms with Crippen molar-refractivity contribution in [3.05, 3.63) is 65.2 Å². The van der Waals surface area contributed by atoms with E-state index in [0.717, 1.165) is 18.4 Å². The van der Waals surface area contributed by atoms with Gasteiger partial charge in [-0.15, -0.1) is 0 Å². The lowest BCUT2D eigenvalue weighted by molar-refractivity contribution is 0.448. The van der Waals surface area contributed by atoms with Gasteiger partial charge in [0.1, 0.15) is 5.75 Å². The summed E-state index contributed by atoms with van der Waals surface area (Å²) in [4.78, 5) is 0. The van der Waals surface area contributed by atoms with Crippen LogP contribution in [0.5, 0.6) is 5.75 Å². The summed E-state index contributed by atoms with van der Waals surface area (Å²) in [5.41, 5.74) is 9.77. The van der Waals surface area contributed by atoms with Crippen LogP contribution in [0.3, 0.4) is 0 Å². The summed E-state index contributed by atoms with van der Waals surface area (Å²) in [5.74, 6) is 0.599. The summed E-state index contributed by atoms with van der Waals surface area (Å²) in [5, 5.41) is 9.97. The van der Waals surface area contributed by atoms with Crippen molar-refractivity contribution in [1.29, 1.82) is 0 Å². The zero-order chi connectivity index (χ0) is 12.5. The molecule has 2 atom stereocenters. The van der Waals surface area contributed by atoms with E-state index in [4.69, 9.17) is 5.73 Å². The average Bonchev–Trinajstić information content (AvgIpc) is 2.40. The highest BCUT2D eigenvalue weighted by molar-refractivity contribution is 5.47. The summed E-state index contributed by atoms with van der Waals surface area (Å²) in [6, 6.07) is 16.2. The highest BCUT2D eigenvalue weighted by Crippen LogP contribution is 2.39. The molecule has 2 nitrogen and oxygen atoms in total. The summed E-state index contributed by atoms with van der Waals surface area (Å²) in [6.07, 6.45) is 1.79. The lowest BCUT2D eigenvalue weighted by atomic mass is 9.76. The SMILES string of the molecule is NC1CCc2c(O)cccc2C1c1ccccc1. The van der Waals surface area contributed by atoms with Crippen molar-refractivity contribution in [1.82, 2.24) is 0 Å². The molecule has 0 aliphatic heterocycles. The molecule has 0 bridgehead atoms. The molecule has 2 unspecified atom stereocenters. The van der Waals surface area contributed by atoms with Crippen LogP contribution in [0.1, 0.15) is 29.0 Å². The molecular weight excluding hydrogens is 222 g/mol. The predicted molar refractivity (Wildman–Crippen MR) is 72.7 cm³/mol. The lowest BCUT2D eigenvalue weighted by Gasteiger charge is -2.32. The van der Waals surface area contributed by atoms with Crippen molar-refractivity contribution < 1.29 is 5.11 Å². The Hall–Kier alpha value is -1.80. The molecule has 0 saturated carbocycles. The van der Waals surface area contributed by atoms with E-state index in [1.54, 1.807) is 6.07 Å². The highest BCUT2D eigenvalue weighted by Gasteiger charge is 2.29. The first-order valence-electron chi connectivity index (χ1n) is 6.38. The van der Waals surface area contributed by atoms with Gasteiger partial charge >= 0.3 is 0 Å². The highest BCUT2D eigenvalue weighted by atomic mass is 16.3. The molecule has 2 aromatic carbocycles. The monoisotopic (exact) mass is 239 g/mol. The normalized spacial score (nSPS) is 22.5. The minimum atomic E-state index is 0.127. The van der Waals surface area contributed by atoms with E-state index in [9.17, 15) is 5.11 Å². The standard InChI is InChI=1S/C16H17NO/c17-14-10-9-12-13(7-4-8-15(12)18)16(14)11-5-2-1-3-6-11/h1-8,14,16,18H,9-10,17H2. The first kappa shape index (κ1) is 11.3. The van der Waals surface area contributed by atoms with Crippen LogP contribution in [0.25, 0.3) is 0 Å². The van der Waals surface area contributed by atoms with Crippen LogP contribution in [0.2, 0.25) is 0 Å². The second kappa shape index (κ2) is 4.46. The Labute approximate surface area is 107 Å². The average molecular weight is 239 g/mol. The fraction of sp³-hybridized carbons (Fsp3) is 0.250. The first-order valence-corrected chi connectivity index (χ1v) is 6.38. The van der Waals surface area contributed by atoms with Gasteiger partial charge in [0.15, 0.2) is 0 Å². The first-order chi connectivity index (χ1) is 8.77. The molecule has 18 heavy (non-hydrogen) atoms. The molecule has 0 saturated heterocycles.